The van der Waals surface area contributed by atoms with Crippen LogP contribution < -0.4 is 10.6 Å². The number of hydrogen-bond acceptors (Lipinski definition) is 5. The lowest BCUT2D eigenvalue weighted by Gasteiger charge is -2.14. The molecule has 0 aliphatic carbocycles. The molecule has 0 bridgehead atoms. The quantitative estimate of drug-likeness (QED) is 0.166. The van der Waals surface area contributed by atoms with Gasteiger partial charge in [-0.2, -0.15) is 26.3 Å². The number of alkyl halides is 6. The Morgan fingerprint density at radius 1 is 0.881 bits per heavy atom. The third-order valence-corrected chi connectivity index (χ3v) is 6.82. The SMILES string of the molecule is O=C(CSc1nnc(CNC(=O)c2ccccc2F)n1-c1cccc(C(F)(F)F)c1)Nc1cc(C(F)(F)F)ccc1Cl. The van der Waals surface area contributed by atoms with Crippen molar-refractivity contribution in [2.75, 3.05) is 11.1 Å². The third kappa shape index (κ3) is 7.39. The monoisotopic (exact) mass is 631 g/mol. The molecular weight excluding hydrogens is 615 g/mol. The van der Waals surface area contributed by atoms with Crippen molar-refractivity contribution in [1.29, 1.82) is 0 Å². The molecule has 42 heavy (non-hydrogen) atoms. The van der Waals surface area contributed by atoms with Crippen molar-refractivity contribution in [3.05, 3.63) is 100 Å². The number of thioether (sulfide) groups is 1. The molecule has 0 aliphatic heterocycles. The molecule has 0 saturated carbocycles. The predicted octanol–water partition coefficient (Wildman–Crippen LogP) is 6.76. The number of rotatable bonds is 8. The van der Waals surface area contributed by atoms with Gasteiger partial charge >= 0.3 is 12.4 Å². The molecule has 7 nitrogen and oxygen atoms in total. The second-order valence-corrected chi connectivity index (χ2v) is 9.82. The maximum absolute atomic E-state index is 14.0. The molecule has 1 heterocycles. The summed E-state index contributed by atoms with van der Waals surface area (Å²) in [5.41, 5.74) is -2.67. The van der Waals surface area contributed by atoms with E-state index in [-0.39, 0.29) is 39.5 Å². The second kappa shape index (κ2) is 12.4. The highest BCUT2D eigenvalue weighted by molar-refractivity contribution is 7.99. The Bertz CT molecular complexity index is 1630. The first-order valence-electron chi connectivity index (χ1n) is 11.7. The average molecular weight is 632 g/mol. The number of anilines is 1. The summed E-state index contributed by atoms with van der Waals surface area (Å²) in [6, 6.07) is 11.6. The Hall–Kier alpha value is -4.11. The summed E-state index contributed by atoms with van der Waals surface area (Å²) in [6.07, 6.45) is -9.38. The van der Waals surface area contributed by atoms with Gasteiger partial charge in [0.2, 0.25) is 5.91 Å². The van der Waals surface area contributed by atoms with E-state index in [2.05, 4.69) is 20.8 Å². The normalized spacial score (nSPS) is 11.8. The molecular formula is C26H17ClF7N5O2S. The van der Waals surface area contributed by atoms with Crippen LogP contribution >= 0.6 is 23.4 Å². The number of amides is 2. The van der Waals surface area contributed by atoms with Gasteiger partial charge in [-0.05, 0) is 48.5 Å². The number of nitrogens with zero attached hydrogens (tertiary/aromatic N) is 3. The van der Waals surface area contributed by atoms with Gasteiger partial charge in [0.25, 0.3) is 5.91 Å². The van der Waals surface area contributed by atoms with Crippen molar-refractivity contribution in [3.8, 4) is 5.69 Å². The lowest BCUT2D eigenvalue weighted by Crippen LogP contribution is -2.25. The van der Waals surface area contributed by atoms with Crippen LogP contribution in [0.2, 0.25) is 5.02 Å². The minimum atomic E-state index is -4.69. The molecule has 3 aromatic carbocycles. The van der Waals surface area contributed by atoms with Gasteiger partial charge in [0.15, 0.2) is 11.0 Å². The highest BCUT2D eigenvalue weighted by Gasteiger charge is 2.32. The first-order valence-corrected chi connectivity index (χ1v) is 13.0. The lowest BCUT2D eigenvalue weighted by atomic mass is 10.2. The summed E-state index contributed by atoms with van der Waals surface area (Å²) >= 11 is 6.63. The van der Waals surface area contributed by atoms with Crippen LogP contribution in [-0.2, 0) is 23.7 Å². The molecule has 1 aromatic heterocycles. The van der Waals surface area contributed by atoms with E-state index in [1.54, 1.807) is 0 Å². The zero-order valence-electron chi connectivity index (χ0n) is 20.9. The van der Waals surface area contributed by atoms with Crippen LogP contribution in [0.1, 0.15) is 27.3 Å². The maximum Gasteiger partial charge on any atom is 0.416 e. The Balaban J connectivity index is 1.58. The van der Waals surface area contributed by atoms with E-state index in [1.165, 1.54) is 24.3 Å². The predicted molar refractivity (Wildman–Crippen MR) is 140 cm³/mol. The van der Waals surface area contributed by atoms with E-state index in [1.807, 2.05) is 0 Å². The molecule has 0 saturated heterocycles. The summed E-state index contributed by atoms with van der Waals surface area (Å²) in [5, 5.41) is 12.3. The van der Waals surface area contributed by atoms with Crippen LogP contribution in [0.15, 0.2) is 71.9 Å². The standard InChI is InChI=1S/C26H17ClF7N5O2S/c27-18-9-8-15(26(32,33)34)11-20(18)36-22(40)13-42-24-38-37-21(12-35-23(41)17-6-1-2-7-19(17)28)39(24)16-5-3-4-14(10-16)25(29,30)31/h1-11H,12-13H2,(H,35,41)(H,36,40). The van der Waals surface area contributed by atoms with Gasteiger partial charge in [0.05, 0.1) is 45.4 Å². The first-order chi connectivity index (χ1) is 19.7. The fourth-order valence-corrected chi connectivity index (χ4v) is 4.54. The highest BCUT2D eigenvalue weighted by atomic mass is 35.5. The molecule has 220 valence electrons. The van der Waals surface area contributed by atoms with E-state index in [9.17, 15) is 40.3 Å². The van der Waals surface area contributed by atoms with E-state index >= 15 is 0 Å². The second-order valence-electron chi connectivity index (χ2n) is 8.47. The third-order valence-electron chi connectivity index (χ3n) is 5.56. The van der Waals surface area contributed by atoms with Crippen molar-refractivity contribution < 1.29 is 40.3 Å². The van der Waals surface area contributed by atoms with E-state index in [0.29, 0.717) is 17.8 Å². The molecule has 4 aromatic rings. The summed E-state index contributed by atoms with van der Waals surface area (Å²) in [6.45, 7) is -0.386. The molecule has 2 N–H and O–H groups in total. The number of benzene rings is 3. The zero-order chi connectivity index (χ0) is 30.7. The summed E-state index contributed by atoms with van der Waals surface area (Å²) in [5.74, 6) is -2.92. The van der Waals surface area contributed by atoms with Crippen LogP contribution in [0.5, 0.6) is 0 Å². The average Bonchev–Trinajstić information content (AvgIpc) is 3.34. The fraction of sp³-hybridized carbons (Fsp3) is 0.154. The number of aromatic nitrogens is 3. The van der Waals surface area contributed by atoms with Gasteiger partial charge in [-0.25, -0.2) is 4.39 Å². The number of hydrogen-bond donors (Lipinski definition) is 2. The molecule has 4 rings (SSSR count). The van der Waals surface area contributed by atoms with Gasteiger partial charge in [-0.3, -0.25) is 14.2 Å². The molecule has 0 atom stereocenters. The number of halogens is 8. The lowest BCUT2D eigenvalue weighted by molar-refractivity contribution is -0.138. The van der Waals surface area contributed by atoms with Crippen molar-refractivity contribution >= 4 is 40.9 Å². The minimum absolute atomic E-state index is 0.0529. The number of carbonyl (C=O) groups excluding carboxylic acids is 2. The molecule has 16 heteroatoms. The summed E-state index contributed by atoms with van der Waals surface area (Å²) in [7, 11) is 0. The Kier molecular flexibility index (Phi) is 9.11. The van der Waals surface area contributed by atoms with Crippen molar-refractivity contribution in [1.82, 2.24) is 20.1 Å². The van der Waals surface area contributed by atoms with E-state index < -0.39 is 46.9 Å². The van der Waals surface area contributed by atoms with Crippen molar-refractivity contribution in [3.63, 3.8) is 0 Å². The van der Waals surface area contributed by atoms with Gasteiger partial charge in [-0.1, -0.05) is 41.6 Å². The number of nitrogens with one attached hydrogen (secondary N) is 2. The topological polar surface area (TPSA) is 88.9 Å². The van der Waals surface area contributed by atoms with Crippen LogP contribution in [0.25, 0.3) is 5.69 Å². The van der Waals surface area contributed by atoms with Crippen molar-refractivity contribution in [2.45, 2.75) is 24.1 Å². The molecule has 0 unspecified atom stereocenters. The zero-order valence-corrected chi connectivity index (χ0v) is 22.4. The number of carbonyl (C=O) groups is 2. The van der Waals surface area contributed by atoms with Gasteiger partial charge in [-0.15, -0.1) is 10.2 Å². The largest absolute Gasteiger partial charge is 0.416 e. The van der Waals surface area contributed by atoms with Gasteiger partial charge in [0.1, 0.15) is 5.82 Å². The Labute approximate surface area is 242 Å². The molecule has 0 fully saturated rings. The Morgan fingerprint density at radius 2 is 1.57 bits per heavy atom. The Morgan fingerprint density at radius 3 is 2.26 bits per heavy atom. The first kappa shape index (κ1) is 30.8. The molecule has 0 radical (unpaired) electrons. The van der Waals surface area contributed by atoms with Crippen LogP contribution in [0, 0.1) is 5.82 Å². The molecule has 2 amide bonds. The molecule has 0 spiro atoms. The minimum Gasteiger partial charge on any atom is -0.345 e. The van der Waals surface area contributed by atoms with Crippen LogP contribution in [0.4, 0.5) is 36.4 Å². The summed E-state index contributed by atoms with van der Waals surface area (Å²) < 4.78 is 94.6. The fourth-order valence-electron chi connectivity index (χ4n) is 3.60. The maximum atomic E-state index is 14.0. The highest BCUT2D eigenvalue weighted by Crippen LogP contribution is 2.34. The van der Waals surface area contributed by atoms with Gasteiger partial charge in [0, 0.05) is 0 Å². The van der Waals surface area contributed by atoms with Crippen LogP contribution in [-0.4, -0.2) is 32.3 Å². The summed E-state index contributed by atoms with van der Waals surface area (Å²) in [4.78, 5) is 25.1. The molecule has 0 aliphatic rings. The van der Waals surface area contributed by atoms with Gasteiger partial charge < -0.3 is 10.6 Å². The van der Waals surface area contributed by atoms with E-state index in [4.69, 9.17) is 11.6 Å². The van der Waals surface area contributed by atoms with E-state index in [0.717, 1.165) is 41.0 Å². The van der Waals surface area contributed by atoms with Crippen LogP contribution in [0.3, 0.4) is 0 Å². The van der Waals surface area contributed by atoms with Crippen molar-refractivity contribution in [2.24, 2.45) is 0 Å². The smallest absolute Gasteiger partial charge is 0.345 e.